The molecule has 0 aliphatic heterocycles. The first-order chi connectivity index (χ1) is 6.74. The minimum absolute atomic E-state index is 0. The van der Waals surface area contributed by atoms with Gasteiger partial charge in [-0.2, -0.15) is 0 Å². The van der Waals surface area contributed by atoms with Crippen LogP contribution in [0.4, 0.5) is 5.69 Å². The minimum atomic E-state index is 0. The normalized spacial score (nSPS) is 9.67. The van der Waals surface area contributed by atoms with Crippen molar-refractivity contribution < 1.29 is 26.2 Å². The summed E-state index contributed by atoms with van der Waals surface area (Å²) in [6, 6.07) is 9.31. The number of rotatable bonds is 1. The van der Waals surface area contributed by atoms with Gasteiger partial charge in [0.05, 0.1) is 5.69 Å². The summed E-state index contributed by atoms with van der Waals surface area (Å²) in [5.74, 6) is 0.0306. The first-order valence-corrected chi connectivity index (χ1v) is 4.30. The molecule has 0 saturated heterocycles. The van der Waals surface area contributed by atoms with E-state index < -0.39 is 0 Å². The van der Waals surface area contributed by atoms with Crippen LogP contribution in [-0.2, 0) is 21.1 Å². The fourth-order valence-electron chi connectivity index (χ4n) is 1.58. The first-order valence-electron chi connectivity index (χ1n) is 4.30. The standard InChI is InChI=1S/C11H9N2O.W/c1-7-6-8-4-2-3-5-9(8)11(14)10(7)13-12;/h2-6,14H,1H3;/q-1;. The maximum absolute atomic E-state index is 9.78. The van der Waals surface area contributed by atoms with Gasteiger partial charge in [0.2, 0.25) is 0 Å². The second-order valence-corrected chi connectivity index (χ2v) is 3.21. The van der Waals surface area contributed by atoms with Gasteiger partial charge in [0, 0.05) is 26.5 Å². The quantitative estimate of drug-likeness (QED) is 0.769. The first kappa shape index (κ1) is 11.9. The number of phenols is 1. The molecule has 1 N–H and O–H groups in total. The monoisotopic (exact) mass is 369 g/mol. The molecule has 0 saturated carbocycles. The molecule has 0 aliphatic carbocycles. The molecule has 15 heavy (non-hydrogen) atoms. The Kier molecular flexibility index (Phi) is 3.59. The average molecular weight is 369 g/mol. The molecule has 2 rings (SSSR count). The van der Waals surface area contributed by atoms with Crippen molar-refractivity contribution in [2.45, 2.75) is 6.92 Å². The predicted molar refractivity (Wildman–Crippen MR) is 55.8 cm³/mol. The summed E-state index contributed by atoms with van der Waals surface area (Å²) in [5, 5.41) is 14.5. The van der Waals surface area contributed by atoms with E-state index in [-0.39, 0.29) is 32.5 Å². The van der Waals surface area contributed by atoms with E-state index in [9.17, 15) is 5.11 Å². The number of phenolic OH excluding ortho intramolecular Hbond substituents is 1. The molecule has 4 heteroatoms. The number of aryl methyl sites for hydroxylation is 1. The van der Waals surface area contributed by atoms with Crippen molar-refractivity contribution in [3.8, 4) is 5.75 Å². The van der Waals surface area contributed by atoms with Crippen molar-refractivity contribution in [2.75, 3.05) is 0 Å². The zero-order valence-electron chi connectivity index (χ0n) is 8.14. The zero-order valence-corrected chi connectivity index (χ0v) is 11.1. The van der Waals surface area contributed by atoms with E-state index in [1.165, 1.54) is 0 Å². The summed E-state index contributed by atoms with van der Waals surface area (Å²) in [5.41, 5.74) is 9.72. The minimum Gasteiger partial charge on any atom is -0.706 e. The van der Waals surface area contributed by atoms with Gasteiger partial charge in [-0.3, -0.25) is 0 Å². The average Bonchev–Trinajstić information content (AvgIpc) is 2.18. The molecule has 0 spiro atoms. The fraction of sp³-hybridized carbons (Fsp3) is 0.0909. The van der Waals surface area contributed by atoms with Crippen molar-refractivity contribution in [3.05, 3.63) is 41.4 Å². The Hall–Kier alpha value is -1.21. The van der Waals surface area contributed by atoms with E-state index in [0.29, 0.717) is 5.39 Å². The molecule has 2 aromatic rings. The molecule has 0 aliphatic rings. The summed E-state index contributed by atoms with van der Waals surface area (Å²) in [6.45, 7) is 1.79. The number of hydrogen-bond donors (Lipinski definition) is 1. The molecule has 0 bridgehead atoms. The topological polar surface area (TPSA) is 54.9 Å². The molecule has 76 valence electrons. The molecule has 0 fully saturated rings. The van der Waals surface area contributed by atoms with E-state index in [1.54, 1.807) is 13.0 Å². The van der Waals surface area contributed by atoms with Crippen molar-refractivity contribution >= 4 is 16.5 Å². The van der Waals surface area contributed by atoms with Gasteiger partial charge in [0.25, 0.3) is 0 Å². The van der Waals surface area contributed by atoms with Crippen molar-refractivity contribution in [1.29, 1.82) is 0 Å². The van der Waals surface area contributed by atoms with Crippen LogP contribution in [0.5, 0.6) is 5.75 Å². The van der Waals surface area contributed by atoms with Gasteiger partial charge in [-0.15, -0.1) is 0 Å². The molecule has 3 nitrogen and oxygen atoms in total. The molecule has 0 heterocycles. The van der Waals surface area contributed by atoms with Crippen LogP contribution < -0.4 is 0 Å². The Labute approximate surface area is 102 Å². The summed E-state index contributed by atoms with van der Waals surface area (Å²) >= 11 is 0. The van der Waals surface area contributed by atoms with Gasteiger partial charge < -0.3 is 15.8 Å². The SMILES string of the molecule is Cc1cc2ccccc2c(O)c1N=[N-].[W]. The summed E-state index contributed by atoms with van der Waals surface area (Å²) in [4.78, 5) is 0. The number of hydrogen-bond acceptors (Lipinski definition) is 2. The van der Waals surface area contributed by atoms with Crippen LogP contribution in [0.15, 0.2) is 35.4 Å². The van der Waals surface area contributed by atoms with Gasteiger partial charge in [-0.1, -0.05) is 24.3 Å². The van der Waals surface area contributed by atoms with Gasteiger partial charge >= 0.3 is 0 Å². The van der Waals surface area contributed by atoms with E-state index in [4.69, 9.17) is 5.53 Å². The summed E-state index contributed by atoms with van der Waals surface area (Å²) < 4.78 is 0. The van der Waals surface area contributed by atoms with E-state index in [1.807, 2.05) is 24.3 Å². The third-order valence-electron chi connectivity index (χ3n) is 2.29. The predicted octanol–water partition coefficient (Wildman–Crippen LogP) is 3.50. The maximum atomic E-state index is 9.78. The van der Waals surface area contributed by atoms with Crippen molar-refractivity contribution in [3.63, 3.8) is 0 Å². The third kappa shape index (κ3) is 1.93. The second kappa shape index (κ2) is 4.54. The van der Waals surface area contributed by atoms with E-state index >= 15 is 0 Å². The van der Waals surface area contributed by atoms with E-state index in [0.717, 1.165) is 10.9 Å². The number of benzene rings is 2. The summed E-state index contributed by atoms with van der Waals surface area (Å²) in [7, 11) is 0. The van der Waals surface area contributed by atoms with E-state index in [2.05, 4.69) is 5.11 Å². The van der Waals surface area contributed by atoms with Crippen LogP contribution in [0.2, 0.25) is 0 Å². The molecule has 0 aromatic heterocycles. The molecule has 0 unspecified atom stereocenters. The van der Waals surface area contributed by atoms with Crippen LogP contribution in [0.25, 0.3) is 16.3 Å². The van der Waals surface area contributed by atoms with Crippen LogP contribution in [0.3, 0.4) is 0 Å². The van der Waals surface area contributed by atoms with Gasteiger partial charge in [-0.05, 0) is 23.9 Å². The molecular weight excluding hydrogens is 360 g/mol. The zero-order chi connectivity index (χ0) is 10.1. The van der Waals surface area contributed by atoms with Gasteiger partial charge in [-0.25, -0.2) is 0 Å². The smallest absolute Gasteiger partial charge is 0.147 e. The van der Waals surface area contributed by atoms with Gasteiger partial charge in [0.1, 0.15) is 5.75 Å². The Morgan fingerprint density at radius 1 is 1.27 bits per heavy atom. The Bertz CT molecular complexity index is 511. The van der Waals surface area contributed by atoms with Crippen LogP contribution in [-0.4, -0.2) is 5.11 Å². The molecule has 0 atom stereocenters. The maximum Gasteiger partial charge on any atom is 0.147 e. The second-order valence-electron chi connectivity index (χ2n) is 3.21. The number of nitrogens with zero attached hydrogens (tertiary/aromatic N) is 2. The number of fused-ring (bicyclic) bond motifs is 1. The molecule has 0 amide bonds. The summed E-state index contributed by atoms with van der Waals surface area (Å²) in [6.07, 6.45) is 0. The van der Waals surface area contributed by atoms with Crippen molar-refractivity contribution in [1.82, 2.24) is 0 Å². The molecule has 2 aromatic carbocycles. The van der Waals surface area contributed by atoms with Gasteiger partial charge in [0.15, 0.2) is 0 Å². The largest absolute Gasteiger partial charge is 0.706 e. The third-order valence-corrected chi connectivity index (χ3v) is 2.29. The Morgan fingerprint density at radius 3 is 2.60 bits per heavy atom. The van der Waals surface area contributed by atoms with Crippen LogP contribution in [0.1, 0.15) is 5.56 Å². The van der Waals surface area contributed by atoms with Crippen molar-refractivity contribution in [2.24, 2.45) is 5.11 Å². The Balaban J connectivity index is 0.00000112. The number of aromatic hydroxyl groups is 1. The van der Waals surface area contributed by atoms with Crippen LogP contribution >= 0.6 is 0 Å². The fourth-order valence-corrected chi connectivity index (χ4v) is 1.58. The van der Waals surface area contributed by atoms with Crippen LogP contribution in [0, 0.1) is 6.92 Å². The molecular formula is C11H9N2OW-. The molecule has 0 radical (unpaired) electrons. The Morgan fingerprint density at radius 2 is 1.93 bits per heavy atom.